The molecule has 4 aromatic carbocycles. The van der Waals surface area contributed by atoms with Crippen LogP contribution in [0.4, 0.5) is 11.4 Å². The number of fused-ring (bicyclic) bond motifs is 3. The second-order valence-corrected chi connectivity index (χ2v) is 13.0. The van der Waals surface area contributed by atoms with Gasteiger partial charge in [-0.1, -0.05) is 98.8 Å². The van der Waals surface area contributed by atoms with E-state index in [4.69, 9.17) is 0 Å². The minimum Gasteiger partial charge on any atom is -0.372 e. The second-order valence-electron chi connectivity index (χ2n) is 13.0. The van der Waals surface area contributed by atoms with Crippen molar-refractivity contribution in [2.75, 3.05) is 24.5 Å². The van der Waals surface area contributed by atoms with Gasteiger partial charge in [-0.3, -0.25) is 0 Å². The highest BCUT2D eigenvalue weighted by Crippen LogP contribution is 2.46. The summed E-state index contributed by atoms with van der Waals surface area (Å²) in [5.41, 5.74) is 8.12. The van der Waals surface area contributed by atoms with Crippen LogP contribution in [-0.4, -0.2) is 29.9 Å². The summed E-state index contributed by atoms with van der Waals surface area (Å²) in [6, 6.07) is 33.9. The van der Waals surface area contributed by atoms with Crippen LogP contribution >= 0.6 is 0 Å². The zero-order valence-electron chi connectivity index (χ0n) is 26.6. The third kappa shape index (κ3) is 6.21. The Hall–Kier alpha value is -3.65. The molecule has 222 valence electrons. The molecule has 2 heteroatoms. The van der Waals surface area contributed by atoms with Crippen molar-refractivity contribution in [3.8, 4) is 0 Å². The van der Waals surface area contributed by atoms with E-state index in [-0.39, 0.29) is 5.41 Å². The molecule has 4 aromatic rings. The predicted molar refractivity (Wildman–Crippen MR) is 186 cm³/mol. The van der Waals surface area contributed by atoms with Crippen LogP contribution in [0.15, 0.2) is 97.1 Å². The summed E-state index contributed by atoms with van der Waals surface area (Å²) >= 11 is 0. The van der Waals surface area contributed by atoms with Gasteiger partial charge < -0.3 is 4.90 Å². The number of unbranched alkanes of at least 4 members (excludes halogenated alkanes) is 1. The van der Waals surface area contributed by atoms with Crippen molar-refractivity contribution >= 4 is 33.9 Å². The van der Waals surface area contributed by atoms with Gasteiger partial charge in [0.1, 0.15) is 6.54 Å². The van der Waals surface area contributed by atoms with E-state index in [1.165, 1.54) is 89.5 Å². The first-order valence-corrected chi connectivity index (χ1v) is 16.8. The first-order chi connectivity index (χ1) is 21.1. The summed E-state index contributed by atoms with van der Waals surface area (Å²) in [5, 5.41) is 2.72. The van der Waals surface area contributed by atoms with E-state index in [1.54, 1.807) is 0 Å². The van der Waals surface area contributed by atoms with Crippen molar-refractivity contribution in [3.05, 3.63) is 114 Å². The van der Waals surface area contributed by atoms with Crippen molar-refractivity contribution in [3.63, 3.8) is 0 Å². The fourth-order valence-electron chi connectivity index (χ4n) is 7.88. The molecule has 0 aromatic heterocycles. The molecule has 43 heavy (non-hydrogen) atoms. The number of hydrogen-bond donors (Lipinski definition) is 0. The third-order valence-electron chi connectivity index (χ3n) is 10.2. The van der Waals surface area contributed by atoms with E-state index in [1.807, 2.05) is 0 Å². The molecule has 0 bridgehead atoms. The maximum absolute atomic E-state index is 2.68. The van der Waals surface area contributed by atoms with Gasteiger partial charge in [0.15, 0.2) is 5.71 Å². The molecule has 0 saturated heterocycles. The number of anilines is 1. The smallest absolute Gasteiger partial charge is 0.210 e. The largest absolute Gasteiger partial charge is 0.372 e. The summed E-state index contributed by atoms with van der Waals surface area (Å²) in [6.07, 6.45) is 15.5. The lowest BCUT2D eigenvalue weighted by molar-refractivity contribution is -0.438. The van der Waals surface area contributed by atoms with Crippen LogP contribution in [0, 0.1) is 5.92 Å². The van der Waals surface area contributed by atoms with Crippen molar-refractivity contribution in [1.82, 2.24) is 0 Å². The van der Waals surface area contributed by atoms with Gasteiger partial charge in [-0.25, -0.2) is 0 Å². The molecular formula is C41H49N2+. The van der Waals surface area contributed by atoms with Crippen LogP contribution in [0.2, 0.25) is 0 Å². The number of rotatable bonds is 12. The highest BCUT2D eigenvalue weighted by atomic mass is 15.1. The standard InChI is InChI=1S/C41H49N2/c1-4-42(5-2)36-26-22-33(23-27-36)24-29-39-41(3,31-34-18-7-6-8-19-34)40-37-21-12-11-20-35(37)25-28-38(40)43(39)30-14-13-17-32-15-9-10-16-32/h6-8,11-12,18-29,32H,4-5,9-10,13-17,30-31H2,1-3H3/q+1. The van der Waals surface area contributed by atoms with E-state index in [0.29, 0.717) is 0 Å². The Morgan fingerprint density at radius 1 is 0.791 bits per heavy atom. The topological polar surface area (TPSA) is 6.25 Å². The van der Waals surface area contributed by atoms with Crippen molar-refractivity contribution in [1.29, 1.82) is 0 Å². The third-order valence-corrected chi connectivity index (χ3v) is 10.2. The fourth-order valence-corrected chi connectivity index (χ4v) is 7.88. The van der Waals surface area contributed by atoms with Gasteiger partial charge in [-0.05, 0) is 85.7 Å². The van der Waals surface area contributed by atoms with Crippen LogP contribution in [0.25, 0.3) is 16.8 Å². The minimum absolute atomic E-state index is 0.138. The number of hydrogen-bond acceptors (Lipinski definition) is 1. The van der Waals surface area contributed by atoms with Gasteiger partial charge in [-0.2, -0.15) is 4.58 Å². The van der Waals surface area contributed by atoms with Crippen LogP contribution < -0.4 is 4.90 Å². The quantitative estimate of drug-likeness (QED) is 0.121. The Bertz CT molecular complexity index is 1570. The minimum atomic E-state index is -0.138. The van der Waals surface area contributed by atoms with E-state index >= 15 is 0 Å². The molecule has 1 fully saturated rings. The van der Waals surface area contributed by atoms with Crippen molar-refractivity contribution in [2.45, 2.75) is 77.6 Å². The first kappa shape index (κ1) is 29.4. The summed E-state index contributed by atoms with van der Waals surface area (Å²) in [4.78, 5) is 2.41. The molecule has 2 nitrogen and oxygen atoms in total. The molecule has 0 radical (unpaired) electrons. The average Bonchev–Trinajstić information content (AvgIpc) is 3.64. The van der Waals surface area contributed by atoms with E-state index < -0.39 is 0 Å². The summed E-state index contributed by atoms with van der Waals surface area (Å²) in [7, 11) is 0. The SMILES string of the molecule is CCN(CC)c1ccc(C=CC2=[N+](CCCCC3CCCC3)c3ccc4ccccc4c3C2(C)Cc2ccccc2)cc1. The number of allylic oxidation sites excluding steroid dienone is 1. The average molecular weight is 570 g/mol. The Morgan fingerprint density at radius 3 is 2.26 bits per heavy atom. The van der Waals surface area contributed by atoms with Crippen LogP contribution in [0.3, 0.4) is 0 Å². The van der Waals surface area contributed by atoms with Gasteiger partial charge >= 0.3 is 0 Å². The van der Waals surface area contributed by atoms with Gasteiger partial charge in [0.05, 0.1) is 5.41 Å². The summed E-state index contributed by atoms with van der Waals surface area (Å²) in [6.45, 7) is 10.1. The van der Waals surface area contributed by atoms with E-state index in [2.05, 4.69) is 133 Å². The van der Waals surface area contributed by atoms with E-state index in [0.717, 1.165) is 32.0 Å². The zero-order chi connectivity index (χ0) is 29.6. The molecule has 0 amide bonds. The number of benzene rings is 4. The zero-order valence-corrected chi connectivity index (χ0v) is 26.6. The Kier molecular flexibility index (Phi) is 9.12. The molecule has 1 aliphatic carbocycles. The monoisotopic (exact) mass is 569 g/mol. The van der Waals surface area contributed by atoms with Gasteiger partial charge in [-0.15, -0.1) is 0 Å². The lowest BCUT2D eigenvalue weighted by atomic mass is 9.73. The van der Waals surface area contributed by atoms with Crippen LogP contribution in [0.1, 0.15) is 82.4 Å². The van der Waals surface area contributed by atoms with Crippen molar-refractivity contribution < 1.29 is 4.58 Å². The van der Waals surface area contributed by atoms with Gasteiger partial charge in [0, 0.05) is 42.9 Å². The molecule has 1 atom stereocenters. The lowest BCUT2D eigenvalue weighted by Gasteiger charge is -2.24. The molecule has 0 N–H and O–H groups in total. The number of nitrogens with zero attached hydrogens (tertiary/aromatic N) is 2. The molecule has 1 heterocycles. The molecule has 2 aliphatic rings. The second kappa shape index (κ2) is 13.3. The maximum Gasteiger partial charge on any atom is 0.210 e. The lowest BCUT2D eigenvalue weighted by Crippen LogP contribution is -2.34. The molecule has 1 aliphatic heterocycles. The van der Waals surface area contributed by atoms with Gasteiger partial charge in [0.25, 0.3) is 0 Å². The van der Waals surface area contributed by atoms with Crippen LogP contribution in [0.5, 0.6) is 0 Å². The first-order valence-electron chi connectivity index (χ1n) is 16.8. The maximum atomic E-state index is 2.68. The predicted octanol–water partition coefficient (Wildman–Crippen LogP) is 10.4. The Morgan fingerprint density at radius 2 is 1.51 bits per heavy atom. The Balaban J connectivity index is 1.41. The summed E-state index contributed by atoms with van der Waals surface area (Å²) in [5.74, 6) is 0.959. The van der Waals surface area contributed by atoms with Gasteiger partial charge in [0.2, 0.25) is 5.69 Å². The Labute approximate surface area is 259 Å². The molecule has 6 rings (SSSR count). The normalized spacial score (nSPS) is 18.7. The molecule has 1 unspecified atom stereocenters. The molecule has 1 saturated carbocycles. The molecular weight excluding hydrogens is 520 g/mol. The summed E-state index contributed by atoms with van der Waals surface area (Å²) < 4.78 is 2.68. The van der Waals surface area contributed by atoms with Crippen LogP contribution in [-0.2, 0) is 11.8 Å². The van der Waals surface area contributed by atoms with Crippen molar-refractivity contribution in [2.24, 2.45) is 5.92 Å². The highest BCUT2D eigenvalue weighted by Gasteiger charge is 2.48. The highest BCUT2D eigenvalue weighted by molar-refractivity contribution is 6.09. The van der Waals surface area contributed by atoms with E-state index in [9.17, 15) is 0 Å². The fraction of sp³-hybridized carbons (Fsp3) is 0.390. The molecule has 0 spiro atoms.